The van der Waals surface area contributed by atoms with Crippen molar-refractivity contribution in [2.24, 2.45) is 0 Å². The van der Waals surface area contributed by atoms with Gasteiger partial charge in [-0.15, -0.1) is 0 Å². The van der Waals surface area contributed by atoms with E-state index in [-0.39, 0.29) is 0 Å². The lowest BCUT2D eigenvalue weighted by molar-refractivity contribution is 1.32. The summed E-state index contributed by atoms with van der Waals surface area (Å²) in [6.07, 6.45) is 0. The first-order valence-corrected chi connectivity index (χ1v) is 8.90. The molecule has 0 bridgehead atoms. The highest BCUT2D eigenvalue weighted by Gasteiger charge is 2.23. The highest BCUT2D eigenvalue weighted by atomic mass is 28.3. The summed E-state index contributed by atoms with van der Waals surface area (Å²) in [5.41, 5.74) is 1.34. The number of hydrogen-bond acceptors (Lipinski definition) is 0. The molecule has 0 saturated heterocycles. The van der Waals surface area contributed by atoms with E-state index in [4.69, 9.17) is 0 Å². The minimum absolute atomic E-state index is 1.16. The fourth-order valence-electron chi connectivity index (χ4n) is 2.01. The van der Waals surface area contributed by atoms with Crippen molar-refractivity contribution >= 4 is 13.3 Å². The average molecular weight is 225 g/mol. The minimum Gasteiger partial charge on any atom is -0.0652 e. The van der Waals surface area contributed by atoms with Crippen LogP contribution in [0.4, 0.5) is 0 Å². The molecular formula is C15H17Si. The first-order chi connectivity index (χ1) is 7.68. The van der Waals surface area contributed by atoms with Crippen LogP contribution in [0.25, 0.3) is 0 Å². The predicted molar refractivity (Wildman–Crippen MR) is 72.5 cm³/mol. The van der Waals surface area contributed by atoms with E-state index in [9.17, 15) is 0 Å². The Labute approximate surface area is 99.0 Å². The second kappa shape index (κ2) is 4.66. The third kappa shape index (κ3) is 2.61. The van der Waals surface area contributed by atoms with Gasteiger partial charge in [0.05, 0.1) is 8.07 Å². The van der Waals surface area contributed by atoms with Gasteiger partial charge in [-0.3, -0.25) is 0 Å². The number of hydrogen-bond donors (Lipinski definition) is 0. The zero-order chi connectivity index (χ0) is 11.4. The lowest BCUT2D eigenvalue weighted by Gasteiger charge is -2.22. The lowest BCUT2D eigenvalue weighted by atomic mass is 10.2. The van der Waals surface area contributed by atoms with Gasteiger partial charge < -0.3 is 0 Å². The molecule has 0 fully saturated rings. The molecule has 0 atom stereocenters. The Morgan fingerprint density at radius 3 is 2.25 bits per heavy atom. The maximum Gasteiger partial charge on any atom is 0.0849 e. The molecule has 16 heavy (non-hydrogen) atoms. The van der Waals surface area contributed by atoms with Gasteiger partial charge in [-0.05, 0) is 17.7 Å². The molecule has 0 saturated carbocycles. The van der Waals surface area contributed by atoms with Gasteiger partial charge in [0.15, 0.2) is 0 Å². The smallest absolute Gasteiger partial charge is 0.0652 e. The van der Waals surface area contributed by atoms with Crippen LogP contribution in [0.3, 0.4) is 0 Å². The molecule has 1 heteroatoms. The van der Waals surface area contributed by atoms with Crippen LogP contribution in [-0.4, -0.2) is 8.07 Å². The van der Waals surface area contributed by atoms with Gasteiger partial charge in [0, 0.05) is 0 Å². The Hall–Kier alpha value is -1.34. The van der Waals surface area contributed by atoms with Crippen molar-refractivity contribution < 1.29 is 0 Å². The van der Waals surface area contributed by atoms with Crippen molar-refractivity contribution in [3.63, 3.8) is 0 Å². The Morgan fingerprint density at radius 1 is 0.938 bits per heavy atom. The molecule has 2 aromatic carbocycles. The highest BCUT2D eigenvalue weighted by molar-refractivity contribution is 6.89. The van der Waals surface area contributed by atoms with Crippen molar-refractivity contribution in [3.8, 4) is 0 Å². The molecule has 2 aromatic rings. The molecule has 0 aliphatic rings. The van der Waals surface area contributed by atoms with Crippen molar-refractivity contribution in [1.82, 2.24) is 0 Å². The van der Waals surface area contributed by atoms with E-state index in [1.165, 1.54) is 10.8 Å². The summed E-state index contributed by atoms with van der Waals surface area (Å²) in [6.45, 7) is 4.84. The number of rotatable bonds is 3. The molecule has 0 nitrogen and oxygen atoms in total. The second-order valence-electron chi connectivity index (χ2n) is 4.81. The molecule has 81 valence electrons. The molecule has 0 aliphatic carbocycles. The van der Waals surface area contributed by atoms with Crippen molar-refractivity contribution in [2.75, 3.05) is 0 Å². The topological polar surface area (TPSA) is 0 Å². The van der Waals surface area contributed by atoms with Crippen LogP contribution in [0.2, 0.25) is 13.1 Å². The van der Waals surface area contributed by atoms with Gasteiger partial charge in [0.25, 0.3) is 0 Å². The Morgan fingerprint density at radius 2 is 1.62 bits per heavy atom. The minimum atomic E-state index is -1.35. The molecule has 0 heterocycles. The molecule has 0 aliphatic heterocycles. The standard InChI is InChI=1S/C15H17Si/c1-16(2,15-11-7-4-8-12-15)13-14-9-5-3-6-10-14/h3-9,11-12H,13H2,1-2H3. The van der Waals surface area contributed by atoms with Crippen molar-refractivity contribution in [2.45, 2.75) is 19.1 Å². The molecule has 1 radical (unpaired) electrons. The van der Waals surface area contributed by atoms with Gasteiger partial charge in [-0.2, -0.15) is 0 Å². The van der Waals surface area contributed by atoms with Crippen molar-refractivity contribution in [1.29, 1.82) is 0 Å². The predicted octanol–water partition coefficient (Wildman–Crippen LogP) is 3.18. The summed E-state index contributed by atoms with van der Waals surface area (Å²) >= 11 is 0. The Bertz CT molecular complexity index is 432. The summed E-state index contributed by atoms with van der Waals surface area (Å²) in [7, 11) is -1.35. The quantitative estimate of drug-likeness (QED) is 0.704. The van der Waals surface area contributed by atoms with Crippen LogP contribution in [-0.2, 0) is 6.04 Å². The molecule has 0 aromatic heterocycles. The average Bonchev–Trinajstić information content (AvgIpc) is 2.31. The second-order valence-corrected chi connectivity index (χ2v) is 9.51. The fraction of sp³-hybridized carbons (Fsp3) is 0.200. The molecule has 0 unspecified atom stereocenters. The summed E-state index contributed by atoms with van der Waals surface area (Å²) < 4.78 is 0. The van der Waals surface area contributed by atoms with Gasteiger partial charge >= 0.3 is 0 Å². The van der Waals surface area contributed by atoms with Gasteiger partial charge in [-0.1, -0.05) is 72.9 Å². The van der Waals surface area contributed by atoms with E-state index >= 15 is 0 Å². The maximum absolute atomic E-state index is 3.33. The van der Waals surface area contributed by atoms with Crippen molar-refractivity contribution in [3.05, 3.63) is 66.2 Å². The van der Waals surface area contributed by atoms with Crippen LogP contribution in [0, 0.1) is 6.07 Å². The van der Waals surface area contributed by atoms with E-state index in [1.54, 1.807) is 0 Å². The van der Waals surface area contributed by atoms with Crippen LogP contribution in [0.15, 0.2) is 54.6 Å². The molecular weight excluding hydrogens is 208 g/mol. The largest absolute Gasteiger partial charge is 0.0849 e. The third-order valence-electron chi connectivity index (χ3n) is 2.96. The van der Waals surface area contributed by atoms with Gasteiger partial charge in [-0.25, -0.2) is 0 Å². The highest BCUT2D eigenvalue weighted by Crippen LogP contribution is 2.11. The lowest BCUT2D eigenvalue weighted by Crippen LogP contribution is -2.43. The third-order valence-corrected chi connectivity index (χ3v) is 6.12. The summed E-state index contributed by atoms with van der Waals surface area (Å²) in [4.78, 5) is 0. The SMILES string of the molecule is C[Si](C)(Cc1[c]cccc1)c1ccccc1. The molecule has 0 amide bonds. The van der Waals surface area contributed by atoms with Gasteiger partial charge in [0.1, 0.15) is 0 Å². The van der Waals surface area contributed by atoms with Crippen LogP contribution in [0.5, 0.6) is 0 Å². The summed E-state index contributed by atoms with van der Waals surface area (Å²) in [5, 5.41) is 1.52. The van der Waals surface area contributed by atoms with E-state index in [0.29, 0.717) is 0 Å². The fourth-order valence-corrected chi connectivity index (χ4v) is 4.48. The van der Waals surface area contributed by atoms with Crippen LogP contribution >= 0.6 is 0 Å². The van der Waals surface area contributed by atoms with Gasteiger partial charge in [0.2, 0.25) is 0 Å². The Kier molecular flexibility index (Phi) is 3.25. The summed E-state index contributed by atoms with van der Waals surface area (Å²) in [6, 6.07) is 23.7. The number of benzene rings is 2. The molecule has 0 spiro atoms. The zero-order valence-electron chi connectivity index (χ0n) is 9.90. The van der Waals surface area contributed by atoms with Crippen LogP contribution < -0.4 is 5.19 Å². The van der Waals surface area contributed by atoms with E-state index in [0.717, 1.165) is 6.04 Å². The zero-order valence-corrected chi connectivity index (χ0v) is 10.9. The first kappa shape index (κ1) is 11.2. The Balaban J connectivity index is 2.21. The molecule has 0 N–H and O–H groups in total. The van der Waals surface area contributed by atoms with Crippen LogP contribution in [0.1, 0.15) is 5.56 Å². The van der Waals surface area contributed by atoms with E-state index in [1.807, 2.05) is 12.1 Å². The van der Waals surface area contributed by atoms with E-state index < -0.39 is 8.07 Å². The van der Waals surface area contributed by atoms with E-state index in [2.05, 4.69) is 61.6 Å². The summed E-state index contributed by atoms with van der Waals surface area (Å²) in [5.74, 6) is 0. The normalized spacial score (nSPS) is 11.4. The first-order valence-electron chi connectivity index (χ1n) is 5.70. The maximum atomic E-state index is 3.33. The molecule has 2 rings (SSSR count). The monoisotopic (exact) mass is 225 g/mol.